The number of likely N-dealkylation sites (tertiary alicyclic amines) is 1. The van der Waals surface area contributed by atoms with E-state index in [1.165, 1.54) is 0 Å². The van der Waals surface area contributed by atoms with Gasteiger partial charge in [-0.1, -0.05) is 38.1 Å². The Morgan fingerprint density at radius 1 is 1.33 bits per heavy atom. The van der Waals surface area contributed by atoms with Crippen molar-refractivity contribution in [3.63, 3.8) is 0 Å². The Kier molecular flexibility index (Phi) is 4.30. The molecule has 0 aliphatic carbocycles. The van der Waals surface area contributed by atoms with Crippen LogP contribution in [0.25, 0.3) is 0 Å². The van der Waals surface area contributed by atoms with E-state index < -0.39 is 0 Å². The van der Waals surface area contributed by atoms with Gasteiger partial charge in [0.15, 0.2) is 5.82 Å². The number of amides is 1. The van der Waals surface area contributed by atoms with Crippen molar-refractivity contribution in [1.82, 2.24) is 15.0 Å². The van der Waals surface area contributed by atoms with Crippen LogP contribution in [0.15, 0.2) is 28.8 Å². The summed E-state index contributed by atoms with van der Waals surface area (Å²) >= 11 is 0. The lowest BCUT2D eigenvalue weighted by molar-refractivity contribution is 0.0704. The Morgan fingerprint density at radius 2 is 2.08 bits per heavy atom. The van der Waals surface area contributed by atoms with Gasteiger partial charge in [-0.15, -0.1) is 0 Å². The normalized spacial score (nSPS) is 18.6. The lowest BCUT2D eigenvalue weighted by Gasteiger charge is -2.31. The van der Waals surface area contributed by atoms with Gasteiger partial charge in [-0.2, -0.15) is 4.98 Å². The molecule has 1 fully saturated rings. The number of hydrogen-bond donors (Lipinski definition) is 1. The summed E-state index contributed by atoms with van der Waals surface area (Å²) in [5.74, 6) is 1.40. The minimum atomic E-state index is -0.173. The first kappa shape index (κ1) is 16.5. The number of benzene rings is 1. The Bertz CT molecular complexity index is 733. The van der Waals surface area contributed by atoms with Crippen molar-refractivity contribution in [2.45, 2.75) is 44.9 Å². The molecule has 1 aliphatic rings. The maximum Gasteiger partial charge on any atom is 0.255 e. The van der Waals surface area contributed by atoms with Crippen molar-refractivity contribution in [2.75, 3.05) is 18.8 Å². The summed E-state index contributed by atoms with van der Waals surface area (Å²) in [7, 11) is 0. The van der Waals surface area contributed by atoms with Crippen LogP contribution in [0.4, 0.5) is 5.69 Å². The molecular weight excluding hydrogens is 304 g/mol. The minimum Gasteiger partial charge on any atom is -0.398 e. The van der Waals surface area contributed by atoms with Crippen LogP contribution in [-0.2, 0) is 5.41 Å². The van der Waals surface area contributed by atoms with Crippen LogP contribution in [0.5, 0.6) is 0 Å². The molecule has 0 spiro atoms. The molecule has 1 atom stereocenters. The highest BCUT2D eigenvalue weighted by atomic mass is 16.5. The number of carbonyl (C=O) groups excluding carboxylic acids is 1. The molecule has 3 rings (SSSR count). The van der Waals surface area contributed by atoms with Crippen LogP contribution >= 0.6 is 0 Å². The summed E-state index contributed by atoms with van der Waals surface area (Å²) in [6.45, 7) is 7.45. The van der Waals surface area contributed by atoms with Crippen LogP contribution in [0.2, 0.25) is 0 Å². The van der Waals surface area contributed by atoms with E-state index in [0.29, 0.717) is 29.5 Å². The smallest absolute Gasteiger partial charge is 0.255 e. The zero-order valence-corrected chi connectivity index (χ0v) is 14.5. The van der Waals surface area contributed by atoms with E-state index in [1.54, 1.807) is 12.1 Å². The molecule has 2 heterocycles. The minimum absolute atomic E-state index is 0.0302. The molecule has 0 radical (unpaired) electrons. The number of hydrogen-bond acceptors (Lipinski definition) is 5. The molecule has 128 valence electrons. The van der Waals surface area contributed by atoms with Gasteiger partial charge in [0, 0.05) is 30.1 Å². The first-order chi connectivity index (χ1) is 11.4. The fourth-order valence-corrected chi connectivity index (χ4v) is 2.94. The summed E-state index contributed by atoms with van der Waals surface area (Å²) in [6.07, 6.45) is 1.87. The van der Waals surface area contributed by atoms with Gasteiger partial charge in [-0.3, -0.25) is 4.79 Å². The second kappa shape index (κ2) is 6.26. The molecule has 1 aliphatic heterocycles. The topological polar surface area (TPSA) is 85.2 Å². The lowest BCUT2D eigenvalue weighted by Crippen LogP contribution is -2.39. The van der Waals surface area contributed by atoms with Gasteiger partial charge in [0.2, 0.25) is 5.89 Å². The molecule has 1 aromatic carbocycles. The average molecular weight is 328 g/mol. The predicted molar refractivity (Wildman–Crippen MR) is 91.7 cm³/mol. The number of nitrogen functional groups attached to an aromatic ring is 1. The number of carbonyl (C=O) groups is 1. The summed E-state index contributed by atoms with van der Waals surface area (Å²) in [4.78, 5) is 19.1. The molecule has 6 heteroatoms. The summed E-state index contributed by atoms with van der Waals surface area (Å²) in [5.41, 5.74) is 6.84. The SMILES string of the molecule is CC(C)(C)c1nc(C2CCCN(C(=O)c3ccccc3N)C2)no1. The number of rotatable bonds is 2. The van der Waals surface area contributed by atoms with E-state index in [1.807, 2.05) is 37.8 Å². The van der Waals surface area contributed by atoms with Crippen molar-refractivity contribution in [3.05, 3.63) is 41.5 Å². The number of piperidine rings is 1. The first-order valence-corrected chi connectivity index (χ1v) is 8.34. The number of aromatic nitrogens is 2. The Hall–Kier alpha value is -2.37. The van der Waals surface area contributed by atoms with E-state index in [4.69, 9.17) is 10.3 Å². The van der Waals surface area contributed by atoms with Crippen molar-refractivity contribution >= 4 is 11.6 Å². The summed E-state index contributed by atoms with van der Waals surface area (Å²) < 4.78 is 5.40. The van der Waals surface area contributed by atoms with Crippen LogP contribution in [-0.4, -0.2) is 34.0 Å². The molecule has 0 bridgehead atoms. The van der Waals surface area contributed by atoms with Gasteiger partial charge in [0.05, 0.1) is 5.56 Å². The van der Waals surface area contributed by atoms with Crippen molar-refractivity contribution in [2.24, 2.45) is 0 Å². The van der Waals surface area contributed by atoms with Gasteiger partial charge < -0.3 is 15.2 Å². The largest absolute Gasteiger partial charge is 0.398 e. The van der Waals surface area contributed by atoms with E-state index in [9.17, 15) is 4.79 Å². The maximum atomic E-state index is 12.7. The number of nitrogens with zero attached hydrogens (tertiary/aromatic N) is 3. The Morgan fingerprint density at radius 3 is 2.75 bits per heavy atom. The molecule has 2 N–H and O–H groups in total. The summed E-state index contributed by atoms with van der Waals surface area (Å²) in [5, 5.41) is 4.14. The first-order valence-electron chi connectivity index (χ1n) is 8.34. The molecular formula is C18H24N4O2. The van der Waals surface area contributed by atoms with Gasteiger partial charge in [-0.05, 0) is 25.0 Å². The second-order valence-corrected chi connectivity index (χ2v) is 7.39. The zero-order valence-electron chi connectivity index (χ0n) is 14.5. The molecule has 1 saturated heterocycles. The molecule has 1 amide bonds. The highest BCUT2D eigenvalue weighted by molar-refractivity contribution is 5.99. The van der Waals surface area contributed by atoms with Gasteiger partial charge in [-0.25, -0.2) is 0 Å². The highest BCUT2D eigenvalue weighted by Crippen LogP contribution is 2.29. The number of para-hydroxylation sites is 1. The predicted octanol–water partition coefficient (Wildman–Crippen LogP) is 2.97. The zero-order chi connectivity index (χ0) is 17.3. The standard InChI is InChI=1S/C18H24N4O2/c1-18(2,3)17-20-15(21-24-17)12-7-6-10-22(11-12)16(23)13-8-4-5-9-14(13)19/h4-5,8-9,12H,6-7,10-11,19H2,1-3H3. The van der Waals surface area contributed by atoms with Gasteiger partial charge >= 0.3 is 0 Å². The van der Waals surface area contributed by atoms with Crippen LogP contribution in [0, 0.1) is 0 Å². The molecule has 6 nitrogen and oxygen atoms in total. The maximum absolute atomic E-state index is 12.7. The molecule has 1 aromatic heterocycles. The van der Waals surface area contributed by atoms with E-state index >= 15 is 0 Å². The van der Waals surface area contributed by atoms with Crippen LogP contribution in [0.1, 0.15) is 61.6 Å². The highest BCUT2D eigenvalue weighted by Gasteiger charge is 2.30. The molecule has 0 saturated carbocycles. The Balaban J connectivity index is 1.76. The molecule has 1 unspecified atom stereocenters. The second-order valence-electron chi connectivity index (χ2n) is 7.39. The lowest BCUT2D eigenvalue weighted by atomic mass is 9.95. The third kappa shape index (κ3) is 3.27. The van der Waals surface area contributed by atoms with Crippen LogP contribution < -0.4 is 5.73 Å². The van der Waals surface area contributed by atoms with E-state index in [0.717, 1.165) is 19.4 Å². The number of nitrogens with two attached hydrogens (primary N) is 1. The molecule has 2 aromatic rings. The fraction of sp³-hybridized carbons (Fsp3) is 0.500. The van der Waals surface area contributed by atoms with E-state index in [-0.39, 0.29) is 17.2 Å². The summed E-state index contributed by atoms with van der Waals surface area (Å²) in [6, 6.07) is 7.19. The van der Waals surface area contributed by atoms with Gasteiger partial charge in [0.25, 0.3) is 5.91 Å². The quantitative estimate of drug-likeness (QED) is 0.857. The number of anilines is 1. The fourth-order valence-electron chi connectivity index (χ4n) is 2.94. The third-order valence-electron chi connectivity index (χ3n) is 4.35. The van der Waals surface area contributed by atoms with Crippen LogP contribution in [0.3, 0.4) is 0 Å². The van der Waals surface area contributed by atoms with Gasteiger partial charge in [0.1, 0.15) is 0 Å². The van der Waals surface area contributed by atoms with E-state index in [2.05, 4.69) is 10.1 Å². The Labute approximate surface area is 142 Å². The van der Waals surface area contributed by atoms with Crippen molar-refractivity contribution in [1.29, 1.82) is 0 Å². The van der Waals surface area contributed by atoms with Crippen molar-refractivity contribution in [3.8, 4) is 0 Å². The third-order valence-corrected chi connectivity index (χ3v) is 4.35. The van der Waals surface area contributed by atoms with Crippen molar-refractivity contribution < 1.29 is 9.32 Å². The monoisotopic (exact) mass is 328 g/mol. The average Bonchev–Trinajstić information content (AvgIpc) is 3.05. The molecule has 24 heavy (non-hydrogen) atoms.